The molecular formula is C31H35ClN2O2S. The lowest BCUT2D eigenvalue weighted by molar-refractivity contribution is -0.141. The molecule has 37 heavy (non-hydrogen) atoms. The Morgan fingerprint density at radius 3 is 2.27 bits per heavy atom. The number of carbonyl (C=O) groups is 2. The molecule has 4 rings (SSSR count). The van der Waals surface area contributed by atoms with Gasteiger partial charge in [0.15, 0.2) is 0 Å². The third-order valence-corrected chi connectivity index (χ3v) is 8.04. The van der Waals surface area contributed by atoms with Gasteiger partial charge in [-0.1, -0.05) is 91.5 Å². The highest BCUT2D eigenvalue weighted by Gasteiger charge is 2.31. The molecule has 6 heteroatoms. The van der Waals surface area contributed by atoms with Gasteiger partial charge in [-0.3, -0.25) is 9.59 Å². The van der Waals surface area contributed by atoms with Crippen molar-refractivity contribution in [2.45, 2.75) is 68.5 Å². The number of benzene rings is 3. The number of amides is 2. The smallest absolute Gasteiger partial charge is 0.243 e. The summed E-state index contributed by atoms with van der Waals surface area (Å²) >= 11 is 7.93. The molecule has 3 aromatic rings. The third-order valence-electron chi connectivity index (χ3n) is 6.79. The predicted molar refractivity (Wildman–Crippen MR) is 153 cm³/mol. The van der Waals surface area contributed by atoms with Crippen molar-refractivity contribution >= 4 is 35.2 Å². The molecular weight excluding hydrogens is 500 g/mol. The number of thioether (sulfide) groups is 1. The van der Waals surface area contributed by atoms with Crippen LogP contribution in [-0.2, 0) is 22.6 Å². The van der Waals surface area contributed by atoms with Crippen molar-refractivity contribution in [3.8, 4) is 0 Å². The third kappa shape index (κ3) is 8.65. The second-order valence-corrected chi connectivity index (χ2v) is 11.2. The molecule has 194 valence electrons. The second-order valence-electron chi connectivity index (χ2n) is 9.61. The summed E-state index contributed by atoms with van der Waals surface area (Å²) in [5.41, 5.74) is 1.95. The number of hydrogen-bond donors (Lipinski definition) is 1. The number of hydrogen-bond acceptors (Lipinski definition) is 3. The van der Waals surface area contributed by atoms with E-state index in [9.17, 15) is 9.59 Å². The number of nitrogens with one attached hydrogen (secondary N) is 1. The monoisotopic (exact) mass is 534 g/mol. The van der Waals surface area contributed by atoms with Crippen molar-refractivity contribution in [3.05, 3.63) is 101 Å². The Hall–Kier alpha value is -2.76. The summed E-state index contributed by atoms with van der Waals surface area (Å²) < 4.78 is 0. The SMILES string of the molecule is O=C(NC1CCCCC1)[C@@H](Cc1ccccc1)N(Cc1cccc(Cl)c1)C(=O)CCSc1ccccc1. The van der Waals surface area contributed by atoms with Crippen LogP contribution in [0.5, 0.6) is 0 Å². The summed E-state index contributed by atoms with van der Waals surface area (Å²) in [6, 6.07) is 27.2. The van der Waals surface area contributed by atoms with Crippen LogP contribution in [0.1, 0.15) is 49.7 Å². The first-order valence-corrected chi connectivity index (χ1v) is 14.5. The molecule has 0 saturated heterocycles. The number of nitrogens with zero attached hydrogens (tertiary/aromatic N) is 1. The summed E-state index contributed by atoms with van der Waals surface area (Å²) in [5.74, 6) is 0.557. The van der Waals surface area contributed by atoms with Crippen LogP contribution in [0.2, 0.25) is 5.02 Å². The second kappa shape index (κ2) is 14.3. The van der Waals surface area contributed by atoms with Crippen molar-refractivity contribution in [2.24, 2.45) is 0 Å². The van der Waals surface area contributed by atoms with Crippen molar-refractivity contribution in [1.29, 1.82) is 0 Å². The van der Waals surface area contributed by atoms with Gasteiger partial charge < -0.3 is 10.2 Å². The van der Waals surface area contributed by atoms with Gasteiger partial charge in [-0.2, -0.15) is 0 Å². The molecule has 2 amide bonds. The molecule has 1 N–H and O–H groups in total. The lowest BCUT2D eigenvalue weighted by atomic mass is 9.94. The summed E-state index contributed by atoms with van der Waals surface area (Å²) in [4.78, 5) is 30.4. The highest BCUT2D eigenvalue weighted by molar-refractivity contribution is 7.99. The highest BCUT2D eigenvalue weighted by atomic mass is 35.5. The van der Waals surface area contributed by atoms with Gasteiger partial charge >= 0.3 is 0 Å². The van der Waals surface area contributed by atoms with Crippen LogP contribution < -0.4 is 5.32 Å². The Kier molecular flexibility index (Phi) is 10.5. The quantitative estimate of drug-likeness (QED) is 0.272. The van der Waals surface area contributed by atoms with Gasteiger partial charge in [0.1, 0.15) is 6.04 Å². The molecule has 0 aliphatic heterocycles. The molecule has 1 fully saturated rings. The molecule has 1 aliphatic rings. The van der Waals surface area contributed by atoms with Gasteiger partial charge in [-0.25, -0.2) is 0 Å². The van der Waals surface area contributed by atoms with Crippen LogP contribution in [0, 0.1) is 0 Å². The molecule has 0 radical (unpaired) electrons. The fourth-order valence-corrected chi connectivity index (χ4v) is 5.92. The van der Waals surface area contributed by atoms with Crippen molar-refractivity contribution in [2.75, 3.05) is 5.75 Å². The van der Waals surface area contributed by atoms with Crippen LogP contribution in [0.25, 0.3) is 0 Å². The molecule has 0 aromatic heterocycles. The first kappa shape index (κ1) is 27.3. The van der Waals surface area contributed by atoms with Crippen LogP contribution in [0.4, 0.5) is 0 Å². The maximum atomic E-state index is 13.8. The Morgan fingerprint density at radius 2 is 1.57 bits per heavy atom. The minimum absolute atomic E-state index is 0.0249. The topological polar surface area (TPSA) is 49.4 Å². The lowest BCUT2D eigenvalue weighted by Gasteiger charge is -2.33. The van der Waals surface area contributed by atoms with Gasteiger partial charge in [-0.05, 0) is 48.2 Å². The van der Waals surface area contributed by atoms with Gasteiger partial charge in [0.25, 0.3) is 0 Å². The maximum Gasteiger partial charge on any atom is 0.243 e. The average molecular weight is 535 g/mol. The van der Waals surface area contributed by atoms with E-state index < -0.39 is 6.04 Å². The first-order valence-electron chi connectivity index (χ1n) is 13.1. The van der Waals surface area contributed by atoms with Crippen molar-refractivity contribution in [1.82, 2.24) is 10.2 Å². The zero-order valence-electron chi connectivity index (χ0n) is 21.2. The Labute approximate surface area is 229 Å². The molecule has 3 aromatic carbocycles. The Morgan fingerprint density at radius 1 is 0.892 bits per heavy atom. The van der Waals surface area contributed by atoms with Crippen LogP contribution in [0.15, 0.2) is 89.8 Å². The molecule has 1 saturated carbocycles. The minimum atomic E-state index is -0.600. The lowest BCUT2D eigenvalue weighted by Crippen LogP contribution is -2.52. The summed E-state index contributed by atoms with van der Waals surface area (Å²) in [5, 5.41) is 3.91. The van der Waals surface area contributed by atoms with Crippen LogP contribution >= 0.6 is 23.4 Å². The van der Waals surface area contributed by atoms with Crippen molar-refractivity contribution < 1.29 is 9.59 Å². The van der Waals surface area contributed by atoms with Gasteiger partial charge in [-0.15, -0.1) is 11.8 Å². The normalized spacial score (nSPS) is 14.6. The van der Waals surface area contributed by atoms with E-state index >= 15 is 0 Å². The predicted octanol–water partition coefficient (Wildman–Crippen LogP) is 6.91. The molecule has 0 unspecified atom stereocenters. The number of rotatable bonds is 11. The average Bonchev–Trinajstić information content (AvgIpc) is 2.92. The molecule has 4 nitrogen and oxygen atoms in total. The summed E-state index contributed by atoms with van der Waals surface area (Å²) in [6.45, 7) is 0.338. The Balaban J connectivity index is 1.56. The molecule has 0 heterocycles. The van der Waals surface area contributed by atoms with Crippen LogP contribution in [0.3, 0.4) is 0 Å². The van der Waals surface area contributed by atoms with Gasteiger partial charge in [0, 0.05) is 41.1 Å². The van der Waals surface area contributed by atoms with E-state index in [1.807, 2.05) is 72.8 Å². The highest BCUT2D eigenvalue weighted by Crippen LogP contribution is 2.23. The van der Waals surface area contributed by atoms with Gasteiger partial charge in [0.2, 0.25) is 11.8 Å². The van der Waals surface area contributed by atoms with E-state index in [1.165, 1.54) is 6.42 Å². The molecule has 0 bridgehead atoms. The standard InChI is InChI=1S/C31H35ClN2O2S/c32-26-14-10-13-25(21-26)23-34(30(35)19-20-37-28-17-8-3-9-18-28)29(22-24-11-4-1-5-12-24)31(36)33-27-15-6-2-7-16-27/h1,3-5,8-14,17-18,21,27,29H,2,6-7,15-16,19-20,22-23H2,(H,33,36)/t29-/m1/s1. The zero-order chi connectivity index (χ0) is 25.9. The summed E-state index contributed by atoms with van der Waals surface area (Å²) in [7, 11) is 0. The maximum absolute atomic E-state index is 13.8. The number of halogens is 1. The zero-order valence-corrected chi connectivity index (χ0v) is 22.7. The van der Waals surface area contributed by atoms with E-state index in [0.717, 1.165) is 41.7 Å². The Bertz CT molecular complexity index is 1140. The van der Waals surface area contributed by atoms with E-state index in [1.54, 1.807) is 16.7 Å². The van der Waals surface area contributed by atoms with E-state index in [-0.39, 0.29) is 17.9 Å². The van der Waals surface area contributed by atoms with Gasteiger partial charge in [0.05, 0.1) is 0 Å². The van der Waals surface area contributed by atoms with E-state index in [0.29, 0.717) is 30.2 Å². The summed E-state index contributed by atoms with van der Waals surface area (Å²) in [6.07, 6.45) is 6.31. The fraction of sp³-hybridized carbons (Fsp3) is 0.355. The van der Waals surface area contributed by atoms with E-state index in [4.69, 9.17) is 11.6 Å². The fourth-order valence-electron chi connectivity index (χ4n) is 4.85. The first-order chi connectivity index (χ1) is 18.1. The molecule has 0 spiro atoms. The molecule has 1 aliphatic carbocycles. The molecule has 1 atom stereocenters. The van der Waals surface area contributed by atoms with E-state index in [2.05, 4.69) is 17.4 Å². The van der Waals surface area contributed by atoms with Crippen molar-refractivity contribution in [3.63, 3.8) is 0 Å². The largest absolute Gasteiger partial charge is 0.352 e. The van der Waals surface area contributed by atoms with Crippen LogP contribution in [-0.4, -0.2) is 34.6 Å². The number of carbonyl (C=O) groups excluding carboxylic acids is 2. The minimum Gasteiger partial charge on any atom is -0.352 e.